The molecule has 0 bridgehead atoms. The average molecular weight is 233 g/mol. The molecule has 1 saturated heterocycles. The fraction of sp³-hybridized carbons (Fsp3) is 0.462. The smallest absolute Gasteiger partial charge is 0.124 e. The largest absolute Gasteiger partial charge is 0.382 e. The minimum Gasteiger partial charge on any atom is -0.382 e. The molecule has 90 valence electrons. The van der Waals surface area contributed by atoms with Crippen molar-refractivity contribution < 1.29 is 4.39 Å². The number of anilines is 1. The van der Waals surface area contributed by atoms with Gasteiger partial charge in [-0.25, -0.2) is 4.39 Å². The van der Waals surface area contributed by atoms with Gasteiger partial charge >= 0.3 is 0 Å². The normalized spacial score (nSPS) is 20.2. The SMILES string of the molecule is CN1CCCC1CNc1ccc(F)cc1C#N. The van der Waals surface area contributed by atoms with Crippen molar-refractivity contribution in [1.82, 2.24) is 4.90 Å². The Bertz CT molecular complexity index is 439. The Morgan fingerprint density at radius 2 is 2.41 bits per heavy atom. The Kier molecular flexibility index (Phi) is 3.60. The van der Waals surface area contributed by atoms with Gasteiger partial charge in [0.15, 0.2) is 0 Å². The van der Waals surface area contributed by atoms with E-state index in [1.807, 2.05) is 6.07 Å². The molecule has 1 aromatic carbocycles. The van der Waals surface area contributed by atoms with Crippen LogP contribution in [0.15, 0.2) is 18.2 Å². The van der Waals surface area contributed by atoms with Crippen molar-refractivity contribution in [2.45, 2.75) is 18.9 Å². The Labute approximate surface area is 101 Å². The summed E-state index contributed by atoms with van der Waals surface area (Å²) in [6.45, 7) is 1.93. The number of likely N-dealkylation sites (tertiary alicyclic amines) is 1. The van der Waals surface area contributed by atoms with Gasteiger partial charge in [0.1, 0.15) is 11.9 Å². The fourth-order valence-corrected chi connectivity index (χ4v) is 2.23. The molecule has 4 heteroatoms. The molecule has 1 unspecified atom stereocenters. The molecule has 1 fully saturated rings. The number of nitrogens with one attached hydrogen (secondary N) is 1. The third-order valence-corrected chi connectivity index (χ3v) is 3.30. The van der Waals surface area contributed by atoms with Gasteiger partial charge in [-0.05, 0) is 44.6 Å². The summed E-state index contributed by atoms with van der Waals surface area (Å²) in [5, 5.41) is 12.2. The first-order chi connectivity index (χ1) is 8.20. The summed E-state index contributed by atoms with van der Waals surface area (Å²) in [6.07, 6.45) is 2.39. The summed E-state index contributed by atoms with van der Waals surface area (Å²) >= 11 is 0. The van der Waals surface area contributed by atoms with Crippen molar-refractivity contribution in [3.8, 4) is 6.07 Å². The number of hydrogen-bond donors (Lipinski definition) is 1. The first kappa shape index (κ1) is 11.9. The minimum absolute atomic E-state index is 0.366. The van der Waals surface area contributed by atoms with Gasteiger partial charge in [0, 0.05) is 12.6 Å². The molecule has 1 atom stereocenters. The highest BCUT2D eigenvalue weighted by Crippen LogP contribution is 2.19. The van der Waals surface area contributed by atoms with E-state index in [9.17, 15) is 4.39 Å². The number of nitriles is 1. The van der Waals surface area contributed by atoms with Gasteiger partial charge in [0.05, 0.1) is 11.3 Å². The average Bonchev–Trinajstić information content (AvgIpc) is 2.73. The standard InChI is InChI=1S/C13H16FN3/c1-17-6-2-3-12(17)9-16-13-5-4-11(14)7-10(13)8-15/h4-5,7,12,16H,2-3,6,9H2,1H3. The quantitative estimate of drug-likeness (QED) is 0.870. The summed E-state index contributed by atoms with van der Waals surface area (Å²) < 4.78 is 13.0. The third-order valence-electron chi connectivity index (χ3n) is 3.30. The highest BCUT2D eigenvalue weighted by Gasteiger charge is 2.20. The maximum Gasteiger partial charge on any atom is 0.124 e. The summed E-state index contributed by atoms with van der Waals surface area (Å²) in [6, 6.07) is 6.78. The van der Waals surface area contributed by atoms with E-state index in [-0.39, 0.29) is 5.82 Å². The van der Waals surface area contributed by atoms with E-state index >= 15 is 0 Å². The summed E-state index contributed by atoms with van der Waals surface area (Å²) in [5.74, 6) is -0.370. The van der Waals surface area contributed by atoms with E-state index in [1.54, 1.807) is 6.07 Å². The molecular weight excluding hydrogens is 217 g/mol. The van der Waals surface area contributed by atoms with E-state index in [1.165, 1.54) is 25.0 Å². The van der Waals surface area contributed by atoms with E-state index in [0.717, 1.165) is 13.1 Å². The summed E-state index contributed by atoms with van der Waals surface area (Å²) in [7, 11) is 2.11. The van der Waals surface area contributed by atoms with Crippen molar-refractivity contribution in [2.24, 2.45) is 0 Å². The number of rotatable bonds is 3. The number of benzene rings is 1. The van der Waals surface area contributed by atoms with Crippen molar-refractivity contribution in [3.05, 3.63) is 29.6 Å². The van der Waals surface area contributed by atoms with Gasteiger partial charge in [-0.3, -0.25) is 0 Å². The topological polar surface area (TPSA) is 39.1 Å². The molecule has 0 radical (unpaired) electrons. The first-order valence-corrected chi connectivity index (χ1v) is 5.84. The van der Waals surface area contributed by atoms with Crippen LogP contribution in [-0.2, 0) is 0 Å². The predicted octanol–water partition coefficient (Wildman–Crippen LogP) is 2.20. The highest BCUT2D eigenvalue weighted by atomic mass is 19.1. The van der Waals surface area contributed by atoms with Crippen LogP contribution in [-0.4, -0.2) is 31.1 Å². The second-order valence-electron chi connectivity index (χ2n) is 4.46. The van der Waals surface area contributed by atoms with Crippen LogP contribution < -0.4 is 5.32 Å². The zero-order chi connectivity index (χ0) is 12.3. The predicted molar refractivity (Wildman–Crippen MR) is 65.3 cm³/mol. The zero-order valence-electron chi connectivity index (χ0n) is 9.91. The molecule has 1 aliphatic heterocycles. The fourth-order valence-electron chi connectivity index (χ4n) is 2.23. The lowest BCUT2D eigenvalue weighted by Crippen LogP contribution is -2.31. The Morgan fingerprint density at radius 1 is 1.59 bits per heavy atom. The molecule has 0 aliphatic carbocycles. The minimum atomic E-state index is -0.370. The molecule has 1 N–H and O–H groups in total. The molecule has 17 heavy (non-hydrogen) atoms. The van der Waals surface area contributed by atoms with Crippen molar-refractivity contribution in [1.29, 1.82) is 5.26 Å². The summed E-state index contributed by atoms with van der Waals surface area (Å²) in [5.41, 5.74) is 1.08. The first-order valence-electron chi connectivity index (χ1n) is 5.84. The van der Waals surface area contributed by atoms with Crippen LogP contribution in [0.5, 0.6) is 0 Å². The molecule has 1 heterocycles. The maximum atomic E-state index is 13.0. The molecule has 0 saturated carbocycles. The molecule has 0 amide bonds. The Hall–Kier alpha value is -1.60. The van der Waals surface area contributed by atoms with Crippen LogP contribution in [0, 0.1) is 17.1 Å². The van der Waals surface area contributed by atoms with Crippen LogP contribution in [0.2, 0.25) is 0 Å². The van der Waals surface area contributed by atoms with Gasteiger partial charge in [-0.2, -0.15) is 5.26 Å². The third kappa shape index (κ3) is 2.75. The van der Waals surface area contributed by atoms with Gasteiger partial charge in [-0.1, -0.05) is 0 Å². The second-order valence-corrected chi connectivity index (χ2v) is 4.46. The molecule has 2 rings (SSSR count). The van der Waals surface area contributed by atoms with Crippen LogP contribution in [0.3, 0.4) is 0 Å². The van der Waals surface area contributed by atoms with E-state index in [2.05, 4.69) is 17.3 Å². The maximum absolute atomic E-state index is 13.0. The van der Waals surface area contributed by atoms with Crippen LogP contribution in [0.25, 0.3) is 0 Å². The van der Waals surface area contributed by atoms with Gasteiger partial charge in [-0.15, -0.1) is 0 Å². The van der Waals surface area contributed by atoms with Gasteiger partial charge < -0.3 is 10.2 Å². The second kappa shape index (κ2) is 5.15. The molecule has 0 spiro atoms. The van der Waals surface area contributed by atoms with E-state index < -0.39 is 0 Å². The molecule has 0 aromatic heterocycles. The van der Waals surface area contributed by atoms with E-state index in [0.29, 0.717) is 17.3 Å². The Morgan fingerprint density at radius 3 is 3.06 bits per heavy atom. The van der Waals surface area contributed by atoms with Crippen LogP contribution in [0.4, 0.5) is 10.1 Å². The highest BCUT2D eigenvalue weighted by molar-refractivity contribution is 5.57. The lowest BCUT2D eigenvalue weighted by molar-refractivity contribution is 0.322. The monoisotopic (exact) mass is 233 g/mol. The van der Waals surface area contributed by atoms with Crippen molar-refractivity contribution in [3.63, 3.8) is 0 Å². The zero-order valence-corrected chi connectivity index (χ0v) is 9.91. The van der Waals surface area contributed by atoms with Gasteiger partial charge in [0.25, 0.3) is 0 Å². The number of halogens is 1. The van der Waals surface area contributed by atoms with Crippen molar-refractivity contribution in [2.75, 3.05) is 25.5 Å². The van der Waals surface area contributed by atoms with Gasteiger partial charge in [0.2, 0.25) is 0 Å². The van der Waals surface area contributed by atoms with Crippen LogP contribution in [0.1, 0.15) is 18.4 Å². The molecular formula is C13H16FN3. The van der Waals surface area contributed by atoms with Crippen LogP contribution >= 0.6 is 0 Å². The number of hydrogen-bond acceptors (Lipinski definition) is 3. The molecule has 1 aliphatic rings. The lowest BCUT2D eigenvalue weighted by Gasteiger charge is -2.20. The Balaban J connectivity index is 2.01. The van der Waals surface area contributed by atoms with Crippen molar-refractivity contribution >= 4 is 5.69 Å². The lowest BCUT2D eigenvalue weighted by atomic mass is 10.1. The molecule has 1 aromatic rings. The number of likely N-dealkylation sites (N-methyl/N-ethyl adjacent to an activating group) is 1. The number of nitrogens with zero attached hydrogens (tertiary/aromatic N) is 2. The molecule has 3 nitrogen and oxygen atoms in total. The van der Waals surface area contributed by atoms with E-state index in [4.69, 9.17) is 5.26 Å². The summed E-state index contributed by atoms with van der Waals surface area (Å²) in [4.78, 5) is 2.31.